The molecule has 2 aromatic rings. The average molecular weight is 519 g/mol. The molecule has 2 fully saturated rings. The molecule has 2 aromatic carbocycles. The van der Waals surface area contributed by atoms with Gasteiger partial charge in [0.1, 0.15) is 6.04 Å². The van der Waals surface area contributed by atoms with Crippen LogP contribution >= 0.6 is 0 Å². The number of ether oxygens (including phenoxy) is 2. The quantitative estimate of drug-likeness (QED) is 0.465. The molecule has 2 N–H and O–H groups in total. The van der Waals surface area contributed by atoms with E-state index in [1.165, 1.54) is 4.90 Å². The molecule has 9 nitrogen and oxygen atoms in total. The van der Waals surface area contributed by atoms with E-state index >= 15 is 0 Å². The van der Waals surface area contributed by atoms with Crippen LogP contribution in [0, 0.1) is 17.2 Å². The number of amides is 3. The summed E-state index contributed by atoms with van der Waals surface area (Å²) < 4.78 is 11.7. The maximum atomic E-state index is 13.1. The lowest BCUT2D eigenvalue weighted by Gasteiger charge is -2.22. The predicted molar refractivity (Wildman–Crippen MR) is 142 cm³/mol. The molecule has 1 saturated carbocycles. The molecular formula is C29H34N4O5. The van der Waals surface area contributed by atoms with Gasteiger partial charge in [0, 0.05) is 30.3 Å². The summed E-state index contributed by atoms with van der Waals surface area (Å²) in [6, 6.07) is 15.1. The Morgan fingerprint density at radius 1 is 1.13 bits per heavy atom. The molecule has 3 atom stereocenters. The number of anilines is 1. The Labute approximate surface area is 223 Å². The fourth-order valence-corrected chi connectivity index (χ4v) is 4.36. The van der Waals surface area contributed by atoms with Crippen LogP contribution in [0.3, 0.4) is 0 Å². The zero-order valence-electron chi connectivity index (χ0n) is 21.8. The third-order valence-electron chi connectivity index (χ3n) is 6.53. The van der Waals surface area contributed by atoms with Crippen LogP contribution in [-0.4, -0.2) is 54.0 Å². The molecular weight excluding hydrogens is 484 g/mol. The van der Waals surface area contributed by atoms with Crippen LogP contribution in [0.5, 0.6) is 11.5 Å². The van der Waals surface area contributed by atoms with Crippen molar-refractivity contribution in [2.75, 3.05) is 18.5 Å². The average Bonchev–Trinajstić information content (AvgIpc) is 3.62. The molecule has 38 heavy (non-hydrogen) atoms. The third kappa shape index (κ3) is 7.03. The van der Waals surface area contributed by atoms with Crippen LogP contribution in [0.2, 0.25) is 0 Å². The zero-order valence-corrected chi connectivity index (χ0v) is 21.8. The van der Waals surface area contributed by atoms with E-state index in [4.69, 9.17) is 9.47 Å². The number of hydrogen-bond acceptors (Lipinski definition) is 6. The summed E-state index contributed by atoms with van der Waals surface area (Å²) in [7, 11) is 0. The largest absolute Gasteiger partial charge is 0.490 e. The van der Waals surface area contributed by atoms with Gasteiger partial charge in [-0.05, 0) is 62.9 Å². The van der Waals surface area contributed by atoms with E-state index in [1.807, 2.05) is 25.1 Å². The maximum Gasteiger partial charge on any atom is 0.251 e. The highest BCUT2D eigenvalue weighted by atomic mass is 16.5. The molecule has 4 rings (SSSR count). The molecule has 3 amide bonds. The minimum atomic E-state index is -0.686. The number of likely N-dealkylation sites (tertiary alicyclic amines) is 1. The Balaban J connectivity index is 1.33. The van der Waals surface area contributed by atoms with Gasteiger partial charge < -0.3 is 25.0 Å². The highest BCUT2D eigenvalue weighted by Crippen LogP contribution is 2.34. The third-order valence-corrected chi connectivity index (χ3v) is 6.53. The number of hydrogen-bond donors (Lipinski definition) is 2. The van der Waals surface area contributed by atoms with Crippen LogP contribution in [0.15, 0.2) is 48.5 Å². The normalized spacial score (nSPS) is 19.2. The number of nitrogens with zero attached hydrogens (tertiary/aromatic N) is 2. The lowest BCUT2D eigenvalue weighted by atomic mass is 10.1. The van der Waals surface area contributed by atoms with Crippen LogP contribution in [0.25, 0.3) is 0 Å². The molecule has 0 bridgehead atoms. The Morgan fingerprint density at radius 3 is 2.58 bits per heavy atom. The first kappa shape index (κ1) is 27.0. The van der Waals surface area contributed by atoms with Crippen molar-refractivity contribution in [3.8, 4) is 17.6 Å². The highest BCUT2D eigenvalue weighted by Gasteiger charge is 2.39. The molecule has 2 aliphatic rings. The zero-order chi connectivity index (χ0) is 27.1. The first-order valence-electron chi connectivity index (χ1n) is 13.2. The van der Waals surface area contributed by atoms with Gasteiger partial charge in [-0.1, -0.05) is 25.1 Å². The Morgan fingerprint density at radius 2 is 1.89 bits per heavy atom. The summed E-state index contributed by atoms with van der Waals surface area (Å²) in [4.78, 5) is 40.1. The number of nitrogens with one attached hydrogen (secondary N) is 2. The van der Waals surface area contributed by atoms with Gasteiger partial charge in [0.25, 0.3) is 5.91 Å². The van der Waals surface area contributed by atoms with Gasteiger partial charge in [-0.3, -0.25) is 14.4 Å². The van der Waals surface area contributed by atoms with Gasteiger partial charge in [-0.2, -0.15) is 5.26 Å². The van der Waals surface area contributed by atoms with E-state index in [2.05, 4.69) is 16.7 Å². The molecule has 0 aromatic heterocycles. The number of rotatable bonds is 11. The van der Waals surface area contributed by atoms with Crippen LogP contribution < -0.4 is 20.1 Å². The second-order valence-corrected chi connectivity index (χ2v) is 9.88. The fourth-order valence-electron chi connectivity index (χ4n) is 4.36. The summed E-state index contributed by atoms with van der Waals surface area (Å²) in [6.45, 7) is 4.42. The number of carbonyl (C=O) groups excluding carboxylic acids is 3. The second-order valence-electron chi connectivity index (χ2n) is 9.88. The van der Waals surface area contributed by atoms with Crippen molar-refractivity contribution >= 4 is 23.4 Å². The maximum absolute atomic E-state index is 13.1. The van der Waals surface area contributed by atoms with Gasteiger partial charge in [0.2, 0.25) is 11.8 Å². The van der Waals surface area contributed by atoms with Gasteiger partial charge >= 0.3 is 0 Å². The van der Waals surface area contributed by atoms with Crippen molar-refractivity contribution < 1.29 is 23.9 Å². The smallest absolute Gasteiger partial charge is 0.251 e. The molecule has 9 heteroatoms. The SMILES string of the molecule is CCCOc1cc(C(=O)NC(C)CC(=O)N2CC(C(=O)Nc3ccccc3)CC2C#N)ccc1OC1CC1. The van der Waals surface area contributed by atoms with Crippen LogP contribution in [0.1, 0.15) is 56.3 Å². The highest BCUT2D eigenvalue weighted by molar-refractivity contribution is 5.96. The number of carbonyl (C=O) groups is 3. The standard InChI is InChI=1S/C29H34N4O5/c1-3-13-37-26-16-20(9-12-25(26)38-24-10-11-24)28(35)31-19(2)14-27(34)33-18-21(15-23(33)17-30)29(36)32-22-7-5-4-6-8-22/h4-9,12,16,19,21,23-24H,3,10-11,13-15,18H2,1-2H3,(H,31,35)(H,32,36). The minimum Gasteiger partial charge on any atom is -0.490 e. The van der Waals surface area contributed by atoms with E-state index in [0.717, 1.165) is 19.3 Å². The van der Waals surface area contributed by atoms with E-state index in [0.29, 0.717) is 29.4 Å². The van der Waals surface area contributed by atoms with E-state index in [9.17, 15) is 19.6 Å². The topological polar surface area (TPSA) is 121 Å². The predicted octanol–water partition coefficient (Wildman–Crippen LogP) is 3.90. The summed E-state index contributed by atoms with van der Waals surface area (Å²) >= 11 is 0. The Bertz CT molecular complexity index is 1190. The molecule has 1 aliphatic heterocycles. The molecule has 200 valence electrons. The van der Waals surface area contributed by atoms with E-state index in [1.54, 1.807) is 37.3 Å². The molecule has 0 radical (unpaired) electrons. The van der Waals surface area contributed by atoms with Gasteiger partial charge in [-0.25, -0.2) is 0 Å². The second kappa shape index (κ2) is 12.5. The van der Waals surface area contributed by atoms with E-state index in [-0.39, 0.29) is 43.2 Å². The Hall–Kier alpha value is -4.06. The summed E-state index contributed by atoms with van der Waals surface area (Å²) in [5.41, 5.74) is 1.08. The summed E-state index contributed by atoms with van der Waals surface area (Å²) in [5, 5.41) is 15.3. The first-order chi connectivity index (χ1) is 18.4. The minimum absolute atomic E-state index is 0.0129. The molecule has 0 spiro atoms. The molecule has 1 heterocycles. The van der Waals surface area contributed by atoms with Crippen molar-refractivity contribution in [2.45, 2.75) is 64.1 Å². The van der Waals surface area contributed by atoms with Crippen LogP contribution in [0.4, 0.5) is 5.69 Å². The van der Waals surface area contributed by atoms with Gasteiger partial charge in [-0.15, -0.1) is 0 Å². The molecule has 1 aliphatic carbocycles. The van der Waals surface area contributed by atoms with Crippen molar-refractivity contribution in [3.63, 3.8) is 0 Å². The van der Waals surface area contributed by atoms with E-state index < -0.39 is 18.0 Å². The lowest BCUT2D eigenvalue weighted by Crippen LogP contribution is -2.41. The number of nitriles is 1. The fraction of sp³-hybridized carbons (Fsp3) is 0.448. The lowest BCUT2D eigenvalue weighted by molar-refractivity contribution is -0.131. The van der Waals surface area contributed by atoms with Crippen molar-refractivity contribution in [1.82, 2.24) is 10.2 Å². The van der Waals surface area contributed by atoms with Crippen molar-refractivity contribution in [1.29, 1.82) is 5.26 Å². The van der Waals surface area contributed by atoms with Crippen molar-refractivity contribution in [2.24, 2.45) is 5.92 Å². The summed E-state index contributed by atoms with van der Waals surface area (Å²) in [5.74, 6) is -0.149. The van der Waals surface area contributed by atoms with Gasteiger partial charge in [0.15, 0.2) is 11.5 Å². The monoisotopic (exact) mass is 518 g/mol. The number of para-hydroxylation sites is 1. The number of benzene rings is 2. The van der Waals surface area contributed by atoms with Gasteiger partial charge in [0.05, 0.1) is 24.7 Å². The van der Waals surface area contributed by atoms with Crippen LogP contribution in [-0.2, 0) is 9.59 Å². The summed E-state index contributed by atoms with van der Waals surface area (Å²) in [6.07, 6.45) is 3.35. The molecule has 1 saturated heterocycles. The first-order valence-corrected chi connectivity index (χ1v) is 13.2. The van der Waals surface area contributed by atoms with Crippen molar-refractivity contribution in [3.05, 3.63) is 54.1 Å². The Kier molecular flexibility index (Phi) is 8.85. The molecule has 3 unspecified atom stereocenters.